The summed E-state index contributed by atoms with van der Waals surface area (Å²) in [5, 5.41) is 0.396. The van der Waals surface area contributed by atoms with Crippen molar-refractivity contribution in [2.24, 2.45) is 0 Å². The zero-order valence-corrected chi connectivity index (χ0v) is 7.81. The maximum atomic E-state index is 11.9. The third kappa shape index (κ3) is 2.84. The molecule has 4 heteroatoms. The normalized spacial score (nSPS) is 10.5. The first-order valence-corrected chi connectivity index (χ1v) is 4.24. The predicted octanol–water partition coefficient (Wildman–Crippen LogP) is 3.50. The van der Waals surface area contributed by atoms with Crippen molar-refractivity contribution in [3.8, 4) is 5.75 Å². The highest BCUT2D eigenvalue weighted by molar-refractivity contribution is 6.30. The average Bonchev–Trinajstić information content (AvgIpc) is 2.03. The van der Waals surface area contributed by atoms with E-state index in [0.717, 1.165) is 5.56 Å². The molecule has 0 spiro atoms. The Morgan fingerprint density at radius 1 is 1.46 bits per heavy atom. The fourth-order valence-electron chi connectivity index (χ4n) is 1.03. The topological polar surface area (TPSA) is 9.23 Å². The van der Waals surface area contributed by atoms with Crippen LogP contribution in [0.5, 0.6) is 5.75 Å². The van der Waals surface area contributed by atoms with Crippen LogP contribution in [0, 0.1) is 0 Å². The zero-order chi connectivity index (χ0) is 9.84. The predicted molar refractivity (Wildman–Crippen MR) is 47.5 cm³/mol. The number of halogens is 3. The monoisotopic (exact) mass is 206 g/mol. The maximum Gasteiger partial charge on any atom is 0.387 e. The van der Waals surface area contributed by atoms with Crippen molar-refractivity contribution in [1.82, 2.24) is 0 Å². The Morgan fingerprint density at radius 3 is 2.69 bits per heavy atom. The van der Waals surface area contributed by atoms with Crippen LogP contribution in [0.15, 0.2) is 18.2 Å². The van der Waals surface area contributed by atoms with Crippen molar-refractivity contribution in [2.75, 3.05) is 0 Å². The molecule has 0 aliphatic rings. The molecule has 0 aliphatic carbocycles. The first-order valence-electron chi connectivity index (χ1n) is 3.86. The summed E-state index contributed by atoms with van der Waals surface area (Å²) in [7, 11) is 0. The Hall–Kier alpha value is -0.830. The summed E-state index contributed by atoms with van der Waals surface area (Å²) in [6.45, 7) is -0.939. The molecule has 0 aromatic heterocycles. The first kappa shape index (κ1) is 10.3. The maximum absolute atomic E-state index is 11.9. The first-order chi connectivity index (χ1) is 6.13. The van der Waals surface area contributed by atoms with Crippen LogP contribution in [0.3, 0.4) is 0 Å². The van der Waals surface area contributed by atoms with Gasteiger partial charge in [0.15, 0.2) is 0 Å². The van der Waals surface area contributed by atoms with Crippen LogP contribution in [0.2, 0.25) is 5.02 Å². The van der Waals surface area contributed by atoms with Gasteiger partial charge in [0.05, 0.1) is 0 Å². The molecule has 0 aliphatic heterocycles. The third-order valence-corrected chi connectivity index (χ3v) is 1.86. The molecular weight excluding hydrogens is 198 g/mol. The largest absolute Gasteiger partial charge is 0.434 e. The average molecular weight is 207 g/mol. The van der Waals surface area contributed by atoms with Gasteiger partial charge in [-0.25, -0.2) is 0 Å². The summed E-state index contributed by atoms with van der Waals surface area (Å²) >= 11 is 5.63. The number of alkyl halides is 2. The Morgan fingerprint density at radius 2 is 2.15 bits per heavy atom. The quantitative estimate of drug-likeness (QED) is 0.736. The summed E-state index contributed by atoms with van der Waals surface area (Å²) in [6.07, 6.45) is 0.638. The van der Waals surface area contributed by atoms with E-state index >= 15 is 0 Å². The molecule has 1 nitrogen and oxygen atoms in total. The Bertz CT molecular complexity index is 289. The molecule has 0 N–H and O–H groups in total. The second-order valence-electron chi connectivity index (χ2n) is 2.48. The van der Waals surface area contributed by atoms with Crippen molar-refractivity contribution < 1.29 is 13.5 Å². The number of hydrogen-bond acceptors (Lipinski definition) is 1. The number of rotatable bonds is 3. The van der Waals surface area contributed by atoms with Gasteiger partial charge >= 0.3 is 6.61 Å². The van der Waals surface area contributed by atoms with Crippen molar-refractivity contribution in [3.63, 3.8) is 0 Å². The van der Waals surface area contributed by atoms with Crippen LogP contribution in [-0.2, 0) is 6.42 Å². The second kappa shape index (κ2) is 4.42. The van der Waals surface area contributed by atoms with Gasteiger partial charge < -0.3 is 4.74 Å². The van der Waals surface area contributed by atoms with E-state index in [4.69, 9.17) is 11.6 Å². The second-order valence-corrected chi connectivity index (χ2v) is 2.92. The lowest BCUT2D eigenvalue weighted by molar-refractivity contribution is -0.0504. The molecule has 1 rings (SSSR count). The highest BCUT2D eigenvalue weighted by Crippen LogP contribution is 2.25. The summed E-state index contributed by atoms with van der Waals surface area (Å²) < 4.78 is 28.1. The lowest BCUT2D eigenvalue weighted by Gasteiger charge is -2.09. The van der Waals surface area contributed by atoms with E-state index in [2.05, 4.69) is 4.74 Å². The van der Waals surface area contributed by atoms with E-state index in [-0.39, 0.29) is 5.75 Å². The van der Waals surface area contributed by atoms with E-state index in [1.165, 1.54) is 6.07 Å². The van der Waals surface area contributed by atoms with Gasteiger partial charge in [0.1, 0.15) is 5.75 Å². The smallest absolute Gasteiger partial charge is 0.387 e. The number of hydrogen-bond donors (Lipinski definition) is 0. The molecular formula is C9H9ClF2O. The minimum atomic E-state index is -2.80. The fourth-order valence-corrected chi connectivity index (χ4v) is 1.19. The molecule has 0 heterocycles. The number of benzene rings is 1. The Labute approximate surface area is 80.3 Å². The molecule has 0 bridgehead atoms. The Balaban J connectivity index is 2.94. The van der Waals surface area contributed by atoms with Gasteiger partial charge in [-0.1, -0.05) is 24.6 Å². The summed E-state index contributed by atoms with van der Waals surface area (Å²) in [6, 6.07) is 4.73. The summed E-state index contributed by atoms with van der Waals surface area (Å²) in [5.74, 6) is 0.157. The molecule has 0 radical (unpaired) electrons. The highest BCUT2D eigenvalue weighted by atomic mass is 35.5. The fraction of sp³-hybridized carbons (Fsp3) is 0.333. The molecule has 72 valence electrons. The molecule has 0 saturated carbocycles. The standard InChI is InChI=1S/C9H9ClF2O/c1-2-6-3-4-7(10)5-8(6)13-9(11)12/h3-5,9H,2H2,1H3. The van der Waals surface area contributed by atoms with Gasteiger partial charge in [0, 0.05) is 5.02 Å². The molecule has 1 aromatic carbocycles. The molecule has 0 atom stereocenters. The molecule has 0 saturated heterocycles. The SMILES string of the molecule is CCc1ccc(Cl)cc1OC(F)F. The zero-order valence-electron chi connectivity index (χ0n) is 7.06. The van der Waals surface area contributed by atoms with E-state index in [1.807, 2.05) is 6.92 Å². The molecule has 0 amide bonds. The Kier molecular flexibility index (Phi) is 3.48. The van der Waals surface area contributed by atoms with E-state index in [9.17, 15) is 8.78 Å². The van der Waals surface area contributed by atoms with Crippen LogP contribution in [0.4, 0.5) is 8.78 Å². The van der Waals surface area contributed by atoms with Gasteiger partial charge in [0.25, 0.3) is 0 Å². The number of aryl methyl sites for hydroxylation is 1. The number of ether oxygens (including phenoxy) is 1. The van der Waals surface area contributed by atoms with Crippen molar-refractivity contribution in [2.45, 2.75) is 20.0 Å². The molecule has 13 heavy (non-hydrogen) atoms. The van der Waals surface area contributed by atoms with E-state index in [1.54, 1.807) is 12.1 Å². The minimum Gasteiger partial charge on any atom is -0.434 e. The molecule has 0 fully saturated rings. The van der Waals surface area contributed by atoms with Gasteiger partial charge in [-0.05, 0) is 24.1 Å². The van der Waals surface area contributed by atoms with Crippen LogP contribution >= 0.6 is 11.6 Å². The lowest BCUT2D eigenvalue weighted by Crippen LogP contribution is -2.04. The van der Waals surface area contributed by atoms with Crippen molar-refractivity contribution in [1.29, 1.82) is 0 Å². The van der Waals surface area contributed by atoms with Gasteiger partial charge in [-0.3, -0.25) is 0 Å². The highest BCUT2D eigenvalue weighted by Gasteiger charge is 2.08. The van der Waals surface area contributed by atoms with E-state index < -0.39 is 6.61 Å². The van der Waals surface area contributed by atoms with Gasteiger partial charge in [0.2, 0.25) is 0 Å². The van der Waals surface area contributed by atoms with Crippen LogP contribution < -0.4 is 4.74 Å². The van der Waals surface area contributed by atoms with E-state index in [0.29, 0.717) is 11.4 Å². The molecule has 1 aromatic rings. The van der Waals surface area contributed by atoms with Crippen LogP contribution in [0.25, 0.3) is 0 Å². The van der Waals surface area contributed by atoms with Crippen LogP contribution in [-0.4, -0.2) is 6.61 Å². The minimum absolute atomic E-state index is 0.157. The summed E-state index contributed by atoms with van der Waals surface area (Å²) in [4.78, 5) is 0. The third-order valence-electron chi connectivity index (χ3n) is 1.63. The van der Waals surface area contributed by atoms with Gasteiger partial charge in [-0.15, -0.1) is 0 Å². The van der Waals surface area contributed by atoms with Crippen molar-refractivity contribution >= 4 is 11.6 Å². The summed E-state index contributed by atoms with van der Waals surface area (Å²) in [5.41, 5.74) is 0.727. The lowest BCUT2D eigenvalue weighted by atomic mass is 10.1. The van der Waals surface area contributed by atoms with Gasteiger partial charge in [-0.2, -0.15) is 8.78 Å². The van der Waals surface area contributed by atoms with Crippen LogP contribution in [0.1, 0.15) is 12.5 Å². The van der Waals surface area contributed by atoms with Crippen molar-refractivity contribution in [3.05, 3.63) is 28.8 Å². The molecule has 0 unspecified atom stereocenters.